The van der Waals surface area contributed by atoms with Crippen LogP contribution in [0.4, 0.5) is 11.6 Å². The lowest BCUT2D eigenvalue weighted by Gasteiger charge is -2.09. The molecule has 2 N–H and O–H groups in total. The molecule has 1 aromatic heterocycles. The molecule has 0 bridgehead atoms. The third kappa shape index (κ3) is 2.11. The molecule has 1 fully saturated rings. The minimum Gasteiger partial charge on any atom is -0.398 e. The van der Waals surface area contributed by atoms with Gasteiger partial charge in [0.15, 0.2) is 0 Å². The largest absolute Gasteiger partial charge is 0.398 e. The van der Waals surface area contributed by atoms with Crippen molar-refractivity contribution in [1.29, 1.82) is 0 Å². The van der Waals surface area contributed by atoms with Gasteiger partial charge >= 0.3 is 0 Å². The summed E-state index contributed by atoms with van der Waals surface area (Å²) in [6.07, 6.45) is 2.37. The van der Waals surface area contributed by atoms with Crippen molar-refractivity contribution in [3.63, 3.8) is 0 Å². The molecule has 1 saturated heterocycles. The molecule has 4 rings (SSSR count). The van der Waals surface area contributed by atoms with E-state index in [4.69, 9.17) is 10.3 Å². The van der Waals surface area contributed by atoms with Crippen LogP contribution < -0.4 is 10.6 Å². The van der Waals surface area contributed by atoms with Gasteiger partial charge in [0.05, 0.1) is 5.56 Å². The summed E-state index contributed by atoms with van der Waals surface area (Å²) in [5.74, 6) is 1.15. The number of hydrogen-bond acceptors (Lipinski definition) is 5. The summed E-state index contributed by atoms with van der Waals surface area (Å²) >= 11 is 0. The van der Waals surface area contributed by atoms with Crippen LogP contribution in [0.1, 0.15) is 12.8 Å². The number of anilines is 2. The van der Waals surface area contributed by atoms with Gasteiger partial charge < -0.3 is 15.2 Å². The van der Waals surface area contributed by atoms with E-state index < -0.39 is 0 Å². The van der Waals surface area contributed by atoms with Crippen molar-refractivity contribution in [2.24, 2.45) is 0 Å². The average molecular weight is 280 g/mol. The summed E-state index contributed by atoms with van der Waals surface area (Å²) in [5, 5.41) is 6.30. The van der Waals surface area contributed by atoms with Crippen LogP contribution in [0.2, 0.25) is 0 Å². The molecule has 0 spiro atoms. The van der Waals surface area contributed by atoms with Crippen molar-refractivity contribution >= 4 is 22.4 Å². The maximum Gasteiger partial charge on any atom is 0.266 e. The highest BCUT2D eigenvalue weighted by Gasteiger charge is 2.19. The lowest BCUT2D eigenvalue weighted by molar-refractivity contribution is 0.430. The Hall–Kier alpha value is -2.56. The van der Waals surface area contributed by atoms with Gasteiger partial charge in [-0.15, -0.1) is 0 Å². The molecule has 0 aliphatic carbocycles. The molecule has 0 unspecified atom stereocenters. The topological polar surface area (TPSA) is 68.2 Å². The predicted molar refractivity (Wildman–Crippen MR) is 83.1 cm³/mol. The summed E-state index contributed by atoms with van der Waals surface area (Å²) in [7, 11) is 0. The molecule has 0 saturated carbocycles. The Balaban J connectivity index is 1.77. The lowest BCUT2D eigenvalue weighted by atomic mass is 10.1. The van der Waals surface area contributed by atoms with Gasteiger partial charge in [-0.1, -0.05) is 24.3 Å². The lowest BCUT2D eigenvalue weighted by Crippen LogP contribution is -2.18. The van der Waals surface area contributed by atoms with E-state index in [0.29, 0.717) is 17.5 Å². The third-order valence-electron chi connectivity index (χ3n) is 3.95. The zero-order valence-corrected chi connectivity index (χ0v) is 11.6. The van der Waals surface area contributed by atoms with Crippen LogP contribution in [0, 0.1) is 0 Å². The van der Waals surface area contributed by atoms with Gasteiger partial charge in [-0.25, -0.2) is 0 Å². The van der Waals surface area contributed by atoms with Crippen LogP contribution in [0.5, 0.6) is 0 Å². The zero-order valence-electron chi connectivity index (χ0n) is 11.6. The summed E-state index contributed by atoms with van der Waals surface area (Å²) in [4.78, 5) is 6.64. The summed E-state index contributed by atoms with van der Waals surface area (Å²) in [6.45, 7) is 1.98. The number of aromatic nitrogens is 2. The number of nitrogens with two attached hydrogens (primary N) is 1. The van der Waals surface area contributed by atoms with Crippen molar-refractivity contribution in [3.8, 4) is 11.5 Å². The Morgan fingerprint density at radius 2 is 1.76 bits per heavy atom. The van der Waals surface area contributed by atoms with Gasteiger partial charge in [0.1, 0.15) is 0 Å². The van der Waals surface area contributed by atoms with Crippen LogP contribution >= 0.6 is 0 Å². The van der Waals surface area contributed by atoms with Crippen LogP contribution in [0.25, 0.3) is 22.2 Å². The summed E-state index contributed by atoms with van der Waals surface area (Å²) in [5.41, 5.74) is 7.60. The molecular weight excluding hydrogens is 264 g/mol. The second kappa shape index (κ2) is 4.77. The van der Waals surface area contributed by atoms with Gasteiger partial charge in [-0.05, 0) is 40.9 Å². The van der Waals surface area contributed by atoms with Crippen molar-refractivity contribution in [3.05, 3.63) is 36.4 Å². The first-order valence-corrected chi connectivity index (χ1v) is 7.18. The van der Waals surface area contributed by atoms with Crippen molar-refractivity contribution in [2.45, 2.75) is 12.8 Å². The molecule has 0 amide bonds. The third-order valence-corrected chi connectivity index (χ3v) is 3.95. The van der Waals surface area contributed by atoms with Crippen LogP contribution in [-0.4, -0.2) is 23.2 Å². The van der Waals surface area contributed by atoms with Crippen LogP contribution in [-0.2, 0) is 0 Å². The van der Waals surface area contributed by atoms with Crippen molar-refractivity contribution < 1.29 is 4.52 Å². The van der Waals surface area contributed by atoms with Gasteiger partial charge in [0.2, 0.25) is 0 Å². The van der Waals surface area contributed by atoms with Gasteiger partial charge in [-0.2, -0.15) is 4.98 Å². The number of benzene rings is 2. The van der Waals surface area contributed by atoms with E-state index in [1.54, 1.807) is 0 Å². The Bertz CT molecular complexity index is 790. The SMILES string of the molecule is Nc1cc2ccccc2cc1-c1nc(N2CCCC2)no1. The second-order valence-corrected chi connectivity index (χ2v) is 5.38. The molecule has 1 aliphatic heterocycles. The molecule has 5 nitrogen and oxygen atoms in total. The standard InChI is InChI=1S/C16H16N4O/c17-14-10-12-6-2-1-5-11(12)9-13(14)15-18-16(19-21-15)20-7-3-4-8-20/h1-2,5-6,9-10H,3-4,7-8,17H2. The van der Waals surface area contributed by atoms with E-state index in [9.17, 15) is 0 Å². The average Bonchev–Trinajstić information content (AvgIpc) is 3.17. The first-order chi connectivity index (χ1) is 10.3. The highest BCUT2D eigenvalue weighted by Crippen LogP contribution is 2.31. The molecule has 0 radical (unpaired) electrons. The van der Waals surface area contributed by atoms with E-state index in [0.717, 1.165) is 29.4 Å². The smallest absolute Gasteiger partial charge is 0.266 e. The van der Waals surface area contributed by atoms with Crippen molar-refractivity contribution in [2.75, 3.05) is 23.7 Å². The molecule has 3 aromatic rings. The van der Waals surface area contributed by atoms with E-state index in [1.807, 2.05) is 30.3 Å². The maximum absolute atomic E-state index is 6.14. The fraction of sp³-hybridized carbons (Fsp3) is 0.250. The van der Waals surface area contributed by atoms with E-state index in [2.05, 4.69) is 21.1 Å². The molecule has 5 heteroatoms. The van der Waals surface area contributed by atoms with Crippen LogP contribution in [0.15, 0.2) is 40.9 Å². The number of hydrogen-bond donors (Lipinski definition) is 1. The Morgan fingerprint density at radius 1 is 1.05 bits per heavy atom. The quantitative estimate of drug-likeness (QED) is 0.731. The van der Waals surface area contributed by atoms with Crippen LogP contribution in [0.3, 0.4) is 0 Å². The first kappa shape index (κ1) is 12.2. The van der Waals surface area contributed by atoms with Gasteiger partial charge in [0, 0.05) is 18.8 Å². The second-order valence-electron chi connectivity index (χ2n) is 5.38. The zero-order chi connectivity index (χ0) is 14.2. The summed E-state index contributed by atoms with van der Waals surface area (Å²) in [6, 6.07) is 12.1. The Kier molecular flexibility index (Phi) is 2.77. The molecule has 2 heterocycles. The molecule has 21 heavy (non-hydrogen) atoms. The number of nitrogens with zero attached hydrogens (tertiary/aromatic N) is 3. The number of fused-ring (bicyclic) bond motifs is 1. The predicted octanol–water partition coefficient (Wildman–Crippen LogP) is 3.07. The van der Waals surface area contributed by atoms with Crippen molar-refractivity contribution in [1.82, 2.24) is 10.1 Å². The van der Waals surface area contributed by atoms with Gasteiger partial charge in [-0.3, -0.25) is 0 Å². The minimum absolute atomic E-state index is 0.486. The number of nitrogen functional groups attached to an aromatic ring is 1. The monoisotopic (exact) mass is 280 g/mol. The first-order valence-electron chi connectivity index (χ1n) is 7.18. The maximum atomic E-state index is 6.14. The minimum atomic E-state index is 0.486. The number of rotatable bonds is 2. The highest BCUT2D eigenvalue weighted by molar-refractivity contribution is 5.92. The Labute approximate surface area is 122 Å². The van der Waals surface area contributed by atoms with E-state index >= 15 is 0 Å². The highest BCUT2D eigenvalue weighted by atomic mass is 16.5. The van der Waals surface area contributed by atoms with E-state index in [1.165, 1.54) is 12.8 Å². The molecule has 2 aromatic carbocycles. The fourth-order valence-corrected chi connectivity index (χ4v) is 2.81. The molecule has 106 valence electrons. The Morgan fingerprint density at radius 3 is 2.52 bits per heavy atom. The fourth-order valence-electron chi connectivity index (χ4n) is 2.81. The van der Waals surface area contributed by atoms with E-state index in [-0.39, 0.29) is 0 Å². The van der Waals surface area contributed by atoms with Gasteiger partial charge in [0.25, 0.3) is 11.8 Å². The molecule has 1 aliphatic rings. The summed E-state index contributed by atoms with van der Waals surface area (Å²) < 4.78 is 5.41. The molecular formula is C16H16N4O. The normalized spacial score (nSPS) is 15.0. The molecule has 0 atom stereocenters.